The molecule has 3 aromatic carbocycles. The summed E-state index contributed by atoms with van der Waals surface area (Å²) in [6, 6.07) is 16.1. The molecule has 0 radical (unpaired) electrons. The Morgan fingerprint density at radius 2 is 1.46 bits per heavy atom. The van der Waals surface area contributed by atoms with Crippen LogP contribution in [0.2, 0.25) is 5.02 Å². The predicted octanol–water partition coefficient (Wildman–Crippen LogP) is 6.74. The van der Waals surface area contributed by atoms with E-state index >= 15 is 0 Å². The van der Waals surface area contributed by atoms with E-state index in [-0.39, 0.29) is 10.8 Å². The molecule has 4 aromatic rings. The third-order valence-corrected chi connectivity index (χ3v) is 7.28. The normalized spacial score (nSPS) is 11.7. The van der Waals surface area contributed by atoms with Crippen molar-refractivity contribution in [1.82, 2.24) is 4.98 Å². The van der Waals surface area contributed by atoms with E-state index < -0.39 is 5.97 Å². The molecule has 1 N–H and O–H groups in total. The number of pyridine rings is 1. The van der Waals surface area contributed by atoms with Crippen molar-refractivity contribution >= 4 is 40.2 Å². The van der Waals surface area contributed by atoms with Crippen LogP contribution in [-0.4, -0.2) is 50.8 Å². The number of hydrogen-bond acceptors (Lipinski definition) is 7. The van der Waals surface area contributed by atoms with Gasteiger partial charge < -0.3 is 24.1 Å². The van der Waals surface area contributed by atoms with Crippen LogP contribution in [0.4, 0.5) is 0 Å². The summed E-state index contributed by atoms with van der Waals surface area (Å²) in [5.74, 6) is 0.854. The minimum absolute atomic E-state index is 0.0845. The van der Waals surface area contributed by atoms with Gasteiger partial charge in [-0.3, -0.25) is 4.98 Å². The lowest BCUT2D eigenvalue weighted by molar-refractivity contribution is 0.0696. The number of carboxylic acids is 1. The summed E-state index contributed by atoms with van der Waals surface area (Å²) in [4.78, 5) is 17.8. The lowest BCUT2D eigenvalue weighted by Crippen LogP contribution is -2.12. The first kappa shape index (κ1) is 26.4. The predicted molar refractivity (Wildman–Crippen MR) is 147 cm³/mol. The van der Waals surface area contributed by atoms with Crippen LogP contribution in [0.1, 0.15) is 26.9 Å². The van der Waals surface area contributed by atoms with Crippen LogP contribution in [0, 0.1) is 0 Å². The fourth-order valence-corrected chi connectivity index (χ4v) is 5.30. The van der Waals surface area contributed by atoms with Crippen LogP contribution in [0.15, 0.2) is 54.6 Å². The SMILES string of the molecule is COc1ccc(-c2c(C(=O)O)c(C(SC)c3ccc(Cl)cc3)nc3cc(OC)c(OC)cc23)cc1OC. The Morgan fingerprint density at radius 1 is 0.865 bits per heavy atom. The molecule has 7 nitrogen and oxygen atoms in total. The number of hydrogen-bond donors (Lipinski definition) is 1. The van der Waals surface area contributed by atoms with E-state index in [0.717, 1.165) is 5.56 Å². The number of aromatic nitrogens is 1. The highest BCUT2D eigenvalue weighted by Gasteiger charge is 2.29. The Bertz CT molecular complexity index is 1460. The van der Waals surface area contributed by atoms with Crippen molar-refractivity contribution in [2.75, 3.05) is 34.7 Å². The molecule has 9 heteroatoms. The van der Waals surface area contributed by atoms with Crippen LogP contribution in [0.3, 0.4) is 0 Å². The van der Waals surface area contributed by atoms with Gasteiger partial charge in [-0.15, -0.1) is 0 Å². The van der Waals surface area contributed by atoms with Crippen molar-refractivity contribution in [2.24, 2.45) is 0 Å². The molecule has 4 rings (SSSR count). The summed E-state index contributed by atoms with van der Waals surface area (Å²) in [6.07, 6.45) is 1.92. The average molecular weight is 540 g/mol. The topological polar surface area (TPSA) is 87.1 Å². The van der Waals surface area contributed by atoms with Gasteiger partial charge in [0, 0.05) is 22.0 Å². The maximum atomic E-state index is 12.9. The largest absolute Gasteiger partial charge is 0.493 e. The molecule has 0 aliphatic rings. The van der Waals surface area contributed by atoms with Crippen molar-refractivity contribution in [1.29, 1.82) is 0 Å². The molecule has 0 fully saturated rings. The minimum Gasteiger partial charge on any atom is -0.493 e. The van der Waals surface area contributed by atoms with E-state index in [1.165, 1.54) is 26.0 Å². The number of nitrogens with zero attached hydrogens (tertiary/aromatic N) is 1. The number of ether oxygens (including phenoxy) is 4. The molecule has 0 saturated heterocycles. The Hall–Kier alpha value is -3.62. The van der Waals surface area contributed by atoms with Gasteiger partial charge in [-0.2, -0.15) is 11.8 Å². The molecule has 37 heavy (non-hydrogen) atoms. The molecule has 0 saturated carbocycles. The molecule has 0 spiro atoms. The molecular formula is C28H26ClNO6S. The van der Waals surface area contributed by atoms with E-state index in [0.29, 0.717) is 55.7 Å². The Morgan fingerprint density at radius 3 is 2.03 bits per heavy atom. The Balaban J connectivity index is 2.15. The second-order valence-corrected chi connectivity index (χ2v) is 9.39. The molecule has 1 unspecified atom stereocenters. The second-order valence-electron chi connectivity index (χ2n) is 8.01. The fourth-order valence-electron chi connectivity index (χ4n) is 4.35. The van der Waals surface area contributed by atoms with Gasteiger partial charge in [0.25, 0.3) is 0 Å². The van der Waals surface area contributed by atoms with E-state index in [9.17, 15) is 9.90 Å². The number of halogens is 1. The third-order valence-electron chi connectivity index (χ3n) is 6.06. The number of thioether (sulfide) groups is 1. The zero-order valence-corrected chi connectivity index (χ0v) is 22.6. The summed E-state index contributed by atoms with van der Waals surface area (Å²) < 4.78 is 22.0. The highest BCUT2D eigenvalue weighted by Crippen LogP contribution is 2.45. The van der Waals surface area contributed by atoms with Crippen LogP contribution in [-0.2, 0) is 0 Å². The van der Waals surface area contributed by atoms with Gasteiger partial charge in [-0.1, -0.05) is 29.8 Å². The molecular weight excluding hydrogens is 514 g/mol. The number of fused-ring (bicyclic) bond motifs is 1. The van der Waals surface area contributed by atoms with Crippen LogP contribution in [0.5, 0.6) is 23.0 Å². The van der Waals surface area contributed by atoms with E-state index in [1.807, 2.05) is 18.4 Å². The lowest BCUT2D eigenvalue weighted by Gasteiger charge is -2.22. The quantitative estimate of drug-likeness (QED) is 0.250. The van der Waals surface area contributed by atoms with E-state index in [2.05, 4.69) is 0 Å². The summed E-state index contributed by atoms with van der Waals surface area (Å²) in [5.41, 5.74) is 3.06. The summed E-state index contributed by atoms with van der Waals surface area (Å²) >= 11 is 7.61. The van der Waals surface area contributed by atoms with Gasteiger partial charge in [0.2, 0.25) is 0 Å². The maximum absolute atomic E-state index is 12.9. The standard InChI is InChI=1S/C28H26ClNO6S/c1-33-20-11-8-16(12-21(20)34-2)24-18-13-22(35-3)23(36-4)14-19(18)30-26(25(24)28(31)32)27(37-5)15-6-9-17(29)10-7-15/h6-14,27H,1-5H3,(H,31,32). The lowest BCUT2D eigenvalue weighted by atomic mass is 9.91. The minimum atomic E-state index is -1.10. The Labute approximate surface area is 224 Å². The Kier molecular flexibility index (Phi) is 8.00. The van der Waals surface area contributed by atoms with Crippen molar-refractivity contribution in [3.63, 3.8) is 0 Å². The summed E-state index contributed by atoms with van der Waals surface area (Å²) in [5, 5.41) is 11.4. The fraction of sp³-hybridized carbons (Fsp3) is 0.214. The van der Waals surface area contributed by atoms with Gasteiger partial charge in [0.15, 0.2) is 23.0 Å². The number of rotatable bonds is 9. The molecule has 1 atom stereocenters. The van der Waals surface area contributed by atoms with E-state index in [4.69, 9.17) is 35.5 Å². The van der Waals surface area contributed by atoms with Crippen LogP contribution >= 0.6 is 23.4 Å². The number of carboxylic acid groups (broad SMARTS) is 1. The van der Waals surface area contributed by atoms with Crippen molar-refractivity contribution in [3.05, 3.63) is 76.4 Å². The van der Waals surface area contributed by atoms with Gasteiger partial charge in [-0.05, 0) is 47.7 Å². The smallest absolute Gasteiger partial charge is 0.338 e. The summed E-state index contributed by atoms with van der Waals surface area (Å²) in [6.45, 7) is 0. The first-order valence-electron chi connectivity index (χ1n) is 11.2. The van der Waals surface area contributed by atoms with Gasteiger partial charge in [0.1, 0.15) is 0 Å². The molecule has 1 heterocycles. The highest BCUT2D eigenvalue weighted by atomic mass is 35.5. The van der Waals surface area contributed by atoms with Crippen molar-refractivity contribution in [2.45, 2.75) is 5.25 Å². The van der Waals surface area contributed by atoms with Crippen molar-refractivity contribution < 1.29 is 28.8 Å². The van der Waals surface area contributed by atoms with Gasteiger partial charge in [-0.25, -0.2) is 4.79 Å². The molecule has 1 aromatic heterocycles. The average Bonchev–Trinajstić information content (AvgIpc) is 2.92. The maximum Gasteiger partial charge on any atom is 0.338 e. The number of carbonyl (C=O) groups is 1. The zero-order chi connectivity index (χ0) is 26.7. The number of aromatic carboxylic acids is 1. The molecule has 0 bridgehead atoms. The molecule has 0 aliphatic carbocycles. The molecule has 0 amide bonds. The number of benzene rings is 3. The highest BCUT2D eigenvalue weighted by molar-refractivity contribution is 7.99. The number of methoxy groups -OCH3 is 4. The van der Waals surface area contributed by atoms with Crippen LogP contribution < -0.4 is 18.9 Å². The van der Waals surface area contributed by atoms with Gasteiger partial charge in [0.05, 0.1) is 50.5 Å². The molecule has 192 valence electrons. The van der Waals surface area contributed by atoms with Gasteiger partial charge >= 0.3 is 5.97 Å². The van der Waals surface area contributed by atoms with Crippen molar-refractivity contribution in [3.8, 4) is 34.1 Å². The molecule has 0 aliphatic heterocycles. The third kappa shape index (κ3) is 4.99. The first-order valence-corrected chi connectivity index (χ1v) is 12.9. The monoisotopic (exact) mass is 539 g/mol. The van der Waals surface area contributed by atoms with Crippen LogP contribution in [0.25, 0.3) is 22.0 Å². The first-order chi connectivity index (χ1) is 17.9. The second kappa shape index (κ2) is 11.2. The zero-order valence-electron chi connectivity index (χ0n) is 21.0. The van der Waals surface area contributed by atoms with E-state index in [1.54, 1.807) is 56.7 Å². The summed E-state index contributed by atoms with van der Waals surface area (Å²) in [7, 11) is 6.16.